The Morgan fingerprint density at radius 1 is 0.952 bits per heavy atom. The zero-order valence-corrected chi connectivity index (χ0v) is 10.7. The summed E-state index contributed by atoms with van der Waals surface area (Å²) < 4.78 is 65.6. The third kappa shape index (κ3) is 3.47. The number of halogens is 5. The summed E-state index contributed by atoms with van der Waals surface area (Å²) in [5.74, 6) is -13.8. The van der Waals surface area contributed by atoms with E-state index >= 15 is 0 Å². The van der Waals surface area contributed by atoms with Gasteiger partial charge in [-0.05, 0) is 6.42 Å². The summed E-state index contributed by atoms with van der Waals surface area (Å²) in [6.45, 7) is -0.218. The van der Waals surface area contributed by atoms with Gasteiger partial charge in [-0.25, -0.2) is 22.0 Å². The van der Waals surface area contributed by atoms with Gasteiger partial charge < -0.3 is 10.0 Å². The van der Waals surface area contributed by atoms with Crippen molar-refractivity contribution in [2.75, 3.05) is 13.6 Å². The first-order valence-corrected chi connectivity index (χ1v) is 5.67. The van der Waals surface area contributed by atoms with E-state index in [-0.39, 0.29) is 19.4 Å². The standard InChI is InChI=1S/C12H10F5NO3/c1-18(4-2-3-5(19)20)12(21)6-7(13)9(15)11(17)10(16)8(6)14/h2-4H2,1H3,(H,19,20). The van der Waals surface area contributed by atoms with E-state index in [9.17, 15) is 31.5 Å². The van der Waals surface area contributed by atoms with Crippen LogP contribution in [0.2, 0.25) is 0 Å². The summed E-state index contributed by atoms with van der Waals surface area (Å²) in [6.07, 6.45) is -0.346. The first-order chi connectivity index (χ1) is 9.68. The van der Waals surface area contributed by atoms with E-state index < -0.39 is 46.5 Å². The summed E-state index contributed by atoms with van der Waals surface area (Å²) in [7, 11) is 1.06. The fraction of sp³-hybridized carbons (Fsp3) is 0.333. The van der Waals surface area contributed by atoms with E-state index in [1.807, 2.05) is 0 Å². The highest BCUT2D eigenvalue weighted by Crippen LogP contribution is 2.24. The van der Waals surface area contributed by atoms with Crippen molar-refractivity contribution in [3.8, 4) is 0 Å². The van der Waals surface area contributed by atoms with Crippen LogP contribution in [0.25, 0.3) is 0 Å². The van der Waals surface area contributed by atoms with E-state index in [0.29, 0.717) is 4.90 Å². The number of carbonyl (C=O) groups excluding carboxylic acids is 1. The fourth-order valence-corrected chi connectivity index (χ4v) is 1.55. The molecule has 0 saturated carbocycles. The molecule has 0 heterocycles. The Morgan fingerprint density at radius 2 is 1.38 bits per heavy atom. The third-order valence-corrected chi connectivity index (χ3v) is 2.65. The Bertz CT molecular complexity index is 562. The quantitative estimate of drug-likeness (QED) is 0.516. The van der Waals surface area contributed by atoms with Crippen LogP contribution in [0.5, 0.6) is 0 Å². The first-order valence-electron chi connectivity index (χ1n) is 5.67. The zero-order valence-electron chi connectivity index (χ0n) is 10.7. The van der Waals surface area contributed by atoms with Crippen molar-refractivity contribution in [3.05, 3.63) is 34.6 Å². The molecular formula is C12H10F5NO3. The minimum Gasteiger partial charge on any atom is -0.481 e. The van der Waals surface area contributed by atoms with Crippen LogP contribution in [0.1, 0.15) is 23.2 Å². The molecule has 9 heteroatoms. The minimum atomic E-state index is -2.35. The third-order valence-electron chi connectivity index (χ3n) is 2.65. The van der Waals surface area contributed by atoms with Crippen molar-refractivity contribution < 1.29 is 36.6 Å². The van der Waals surface area contributed by atoms with Crippen molar-refractivity contribution in [1.82, 2.24) is 4.90 Å². The smallest absolute Gasteiger partial charge is 0.303 e. The van der Waals surface area contributed by atoms with Crippen molar-refractivity contribution >= 4 is 11.9 Å². The van der Waals surface area contributed by atoms with Crippen LogP contribution in [0.4, 0.5) is 22.0 Å². The summed E-state index contributed by atoms with van der Waals surface area (Å²) in [5, 5.41) is 8.41. The molecule has 116 valence electrons. The van der Waals surface area contributed by atoms with Crippen LogP contribution in [0, 0.1) is 29.1 Å². The molecule has 1 rings (SSSR count). The maximum absolute atomic E-state index is 13.4. The monoisotopic (exact) mass is 311 g/mol. The summed E-state index contributed by atoms with van der Waals surface area (Å²) in [4.78, 5) is 22.7. The van der Waals surface area contributed by atoms with Gasteiger partial charge in [-0.15, -0.1) is 0 Å². The lowest BCUT2D eigenvalue weighted by molar-refractivity contribution is -0.137. The average Bonchev–Trinajstić information content (AvgIpc) is 2.42. The highest BCUT2D eigenvalue weighted by atomic mass is 19.2. The lowest BCUT2D eigenvalue weighted by atomic mass is 10.1. The highest BCUT2D eigenvalue weighted by molar-refractivity contribution is 5.94. The molecule has 0 aromatic heterocycles. The van der Waals surface area contributed by atoms with Gasteiger partial charge in [0, 0.05) is 20.0 Å². The van der Waals surface area contributed by atoms with E-state index in [1.54, 1.807) is 0 Å². The van der Waals surface area contributed by atoms with Crippen molar-refractivity contribution in [1.29, 1.82) is 0 Å². The average molecular weight is 311 g/mol. The molecule has 0 spiro atoms. The molecule has 1 amide bonds. The number of hydrogen-bond acceptors (Lipinski definition) is 2. The van der Waals surface area contributed by atoms with Crippen LogP contribution in [0.3, 0.4) is 0 Å². The molecule has 0 fully saturated rings. The second-order valence-electron chi connectivity index (χ2n) is 4.17. The summed E-state index contributed by atoms with van der Waals surface area (Å²) in [5.41, 5.74) is -1.57. The van der Waals surface area contributed by atoms with Gasteiger partial charge >= 0.3 is 5.97 Å². The first kappa shape index (κ1) is 16.9. The predicted octanol–water partition coefficient (Wildman–Crippen LogP) is 2.32. The molecule has 1 aromatic rings. The molecule has 21 heavy (non-hydrogen) atoms. The summed E-state index contributed by atoms with van der Waals surface area (Å²) in [6, 6.07) is 0. The van der Waals surface area contributed by atoms with E-state index in [0.717, 1.165) is 7.05 Å². The van der Waals surface area contributed by atoms with E-state index in [4.69, 9.17) is 5.11 Å². The largest absolute Gasteiger partial charge is 0.481 e. The van der Waals surface area contributed by atoms with E-state index in [2.05, 4.69) is 0 Å². The number of nitrogens with zero attached hydrogens (tertiary/aromatic N) is 1. The molecule has 0 aliphatic heterocycles. The number of benzene rings is 1. The van der Waals surface area contributed by atoms with Crippen LogP contribution in [-0.4, -0.2) is 35.5 Å². The molecule has 0 aliphatic carbocycles. The minimum absolute atomic E-state index is 0.0348. The molecular weight excluding hydrogens is 301 g/mol. The number of aliphatic carboxylic acids is 1. The number of carboxylic acids is 1. The van der Waals surface area contributed by atoms with Crippen LogP contribution in [0.15, 0.2) is 0 Å². The van der Waals surface area contributed by atoms with Crippen molar-refractivity contribution in [2.24, 2.45) is 0 Å². The highest BCUT2D eigenvalue weighted by Gasteiger charge is 2.31. The lowest BCUT2D eigenvalue weighted by Crippen LogP contribution is -2.30. The molecule has 0 bridgehead atoms. The topological polar surface area (TPSA) is 57.6 Å². The van der Waals surface area contributed by atoms with Gasteiger partial charge in [0.05, 0.1) is 0 Å². The van der Waals surface area contributed by atoms with Gasteiger partial charge in [-0.1, -0.05) is 0 Å². The number of rotatable bonds is 5. The normalized spacial score (nSPS) is 10.6. The number of hydrogen-bond donors (Lipinski definition) is 1. The SMILES string of the molecule is CN(CCCC(=O)O)C(=O)c1c(F)c(F)c(F)c(F)c1F. The Morgan fingerprint density at radius 3 is 1.81 bits per heavy atom. The number of amides is 1. The lowest BCUT2D eigenvalue weighted by Gasteiger charge is -2.18. The van der Waals surface area contributed by atoms with Crippen LogP contribution < -0.4 is 0 Å². The fourth-order valence-electron chi connectivity index (χ4n) is 1.55. The van der Waals surface area contributed by atoms with Gasteiger partial charge in [0.15, 0.2) is 23.3 Å². The predicted molar refractivity (Wildman–Crippen MR) is 60.1 cm³/mol. The molecule has 1 aromatic carbocycles. The Kier molecular flexibility index (Phi) is 5.23. The number of carbonyl (C=O) groups is 2. The van der Waals surface area contributed by atoms with Gasteiger partial charge in [0.25, 0.3) is 5.91 Å². The molecule has 0 atom stereocenters. The Balaban J connectivity index is 3.05. The zero-order chi connectivity index (χ0) is 16.3. The molecule has 0 radical (unpaired) electrons. The van der Waals surface area contributed by atoms with Crippen LogP contribution in [-0.2, 0) is 4.79 Å². The molecule has 0 aliphatic rings. The molecule has 0 saturated heterocycles. The Labute approximate surface area is 115 Å². The maximum atomic E-state index is 13.4. The van der Waals surface area contributed by atoms with Crippen molar-refractivity contribution in [2.45, 2.75) is 12.8 Å². The van der Waals surface area contributed by atoms with Gasteiger partial charge in [-0.3, -0.25) is 9.59 Å². The second-order valence-corrected chi connectivity index (χ2v) is 4.17. The maximum Gasteiger partial charge on any atom is 0.303 e. The molecule has 1 N–H and O–H groups in total. The number of carboxylic acid groups (broad SMARTS) is 1. The summed E-state index contributed by atoms with van der Waals surface area (Å²) >= 11 is 0. The van der Waals surface area contributed by atoms with E-state index in [1.165, 1.54) is 0 Å². The van der Waals surface area contributed by atoms with Crippen molar-refractivity contribution in [3.63, 3.8) is 0 Å². The van der Waals surface area contributed by atoms with Gasteiger partial charge in [0.1, 0.15) is 5.56 Å². The molecule has 4 nitrogen and oxygen atoms in total. The second kappa shape index (κ2) is 6.51. The van der Waals surface area contributed by atoms with Crippen LogP contribution >= 0.6 is 0 Å². The van der Waals surface area contributed by atoms with Gasteiger partial charge in [-0.2, -0.15) is 0 Å². The Hall–Kier alpha value is -2.19. The molecule has 0 unspecified atom stereocenters. The van der Waals surface area contributed by atoms with Gasteiger partial charge in [0.2, 0.25) is 5.82 Å².